The third kappa shape index (κ3) is 3.30. The van der Waals surface area contributed by atoms with Gasteiger partial charge in [0.05, 0.1) is 5.88 Å². The zero-order valence-electron chi connectivity index (χ0n) is 9.45. The second-order valence-electron chi connectivity index (χ2n) is 4.22. The molecular weight excluding hydrogens is 277 g/mol. The summed E-state index contributed by atoms with van der Waals surface area (Å²) >= 11 is 13.6. The summed E-state index contributed by atoms with van der Waals surface area (Å²) in [4.78, 5) is 5.32. The Morgan fingerprint density at radius 1 is 1.47 bits per heavy atom. The second-order valence-corrected chi connectivity index (χ2v) is 5.94. The molecule has 5 heteroatoms. The van der Waals surface area contributed by atoms with Crippen molar-refractivity contribution in [2.24, 2.45) is 5.16 Å². The molecule has 1 heterocycles. The topological polar surface area (TPSA) is 21.6 Å². The molecule has 1 aliphatic heterocycles. The fourth-order valence-electron chi connectivity index (χ4n) is 1.47. The Balaban J connectivity index is 1.91. The molecule has 2 nitrogen and oxygen atoms in total. The lowest BCUT2D eigenvalue weighted by Crippen LogP contribution is -2.26. The molecule has 0 radical (unpaired) electrons. The number of thioether (sulfide) groups is 1. The van der Waals surface area contributed by atoms with Gasteiger partial charge in [-0.25, -0.2) is 0 Å². The van der Waals surface area contributed by atoms with Crippen molar-refractivity contribution >= 4 is 40.0 Å². The van der Waals surface area contributed by atoms with Gasteiger partial charge in [-0.3, -0.25) is 0 Å². The van der Waals surface area contributed by atoms with E-state index in [4.69, 9.17) is 28.0 Å². The Bertz CT molecular complexity index is 438. The molecule has 0 saturated heterocycles. The minimum absolute atomic E-state index is 0.343. The molecule has 0 saturated carbocycles. The molecule has 0 N–H and O–H groups in total. The second kappa shape index (κ2) is 5.51. The van der Waals surface area contributed by atoms with Crippen molar-refractivity contribution in [3.63, 3.8) is 0 Å². The van der Waals surface area contributed by atoms with Crippen molar-refractivity contribution in [2.75, 3.05) is 5.88 Å². The largest absolute Gasteiger partial charge is 0.387 e. The van der Waals surface area contributed by atoms with Gasteiger partial charge < -0.3 is 4.84 Å². The Kier molecular flexibility index (Phi) is 4.23. The standard InChI is InChI=1S/C12H13Cl2NOS/c1-12(8-13)6-11(15-16-12)17-7-9-4-2-3-5-10(9)14/h2-5H,6-8H2,1H3. The van der Waals surface area contributed by atoms with E-state index in [0.29, 0.717) is 5.88 Å². The monoisotopic (exact) mass is 289 g/mol. The minimum atomic E-state index is -0.343. The molecule has 0 aliphatic carbocycles. The van der Waals surface area contributed by atoms with Gasteiger partial charge in [0.15, 0.2) is 5.60 Å². The summed E-state index contributed by atoms with van der Waals surface area (Å²) < 4.78 is 0. The molecule has 1 unspecified atom stereocenters. The van der Waals surface area contributed by atoms with Crippen molar-refractivity contribution < 1.29 is 4.84 Å². The highest BCUT2D eigenvalue weighted by Gasteiger charge is 2.33. The number of oxime groups is 1. The molecule has 0 bridgehead atoms. The highest BCUT2D eigenvalue weighted by molar-refractivity contribution is 8.13. The van der Waals surface area contributed by atoms with E-state index < -0.39 is 0 Å². The Hall–Kier alpha value is -0.380. The maximum atomic E-state index is 6.09. The first kappa shape index (κ1) is 13.1. The molecule has 2 rings (SSSR count). The summed E-state index contributed by atoms with van der Waals surface area (Å²) in [5.41, 5.74) is 0.769. The first-order chi connectivity index (χ1) is 8.13. The smallest absolute Gasteiger partial charge is 0.154 e. The number of benzene rings is 1. The molecule has 0 fully saturated rings. The van der Waals surface area contributed by atoms with E-state index in [1.54, 1.807) is 11.8 Å². The highest BCUT2D eigenvalue weighted by Crippen LogP contribution is 2.31. The van der Waals surface area contributed by atoms with E-state index in [-0.39, 0.29) is 5.60 Å². The molecule has 17 heavy (non-hydrogen) atoms. The predicted octanol–water partition coefficient (Wildman–Crippen LogP) is 4.30. The third-order valence-corrected chi connectivity index (χ3v) is 4.47. The van der Waals surface area contributed by atoms with Gasteiger partial charge in [0.25, 0.3) is 0 Å². The van der Waals surface area contributed by atoms with E-state index in [1.807, 2.05) is 31.2 Å². The van der Waals surface area contributed by atoms with Crippen LogP contribution in [-0.4, -0.2) is 16.5 Å². The third-order valence-electron chi connectivity index (χ3n) is 2.53. The first-order valence-corrected chi connectivity index (χ1v) is 7.20. The normalized spacial score (nSPS) is 23.4. The number of nitrogens with zero attached hydrogens (tertiary/aromatic N) is 1. The highest BCUT2D eigenvalue weighted by atomic mass is 35.5. The van der Waals surface area contributed by atoms with Crippen LogP contribution < -0.4 is 0 Å². The van der Waals surface area contributed by atoms with E-state index in [0.717, 1.165) is 27.8 Å². The van der Waals surface area contributed by atoms with E-state index in [2.05, 4.69) is 5.16 Å². The molecule has 0 spiro atoms. The molecule has 1 atom stereocenters. The number of alkyl halides is 1. The first-order valence-electron chi connectivity index (χ1n) is 5.30. The number of hydrogen-bond acceptors (Lipinski definition) is 3. The van der Waals surface area contributed by atoms with E-state index in [9.17, 15) is 0 Å². The average molecular weight is 290 g/mol. The summed E-state index contributed by atoms with van der Waals surface area (Å²) in [6, 6.07) is 7.83. The van der Waals surface area contributed by atoms with Crippen LogP contribution in [0.1, 0.15) is 18.9 Å². The lowest BCUT2D eigenvalue weighted by atomic mass is 10.1. The molecular formula is C12H13Cl2NOS. The lowest BCUT2D eigenvalue weighted by Gasteiger charge is -2.16. The molecule has 0 amide bonds. The van der Waals surface area contributed by atoms with Crippen molar-refractivity contribution in [3.8, 4) is 0 Å². The predicted molar refractivity (Wildman–Crippen MR) is 75.0 cm³/mol. The number of halogens is 2. The van der Waals surface area contributed by atoms with Crippen molar-refractivity contribution in [2.45, 2.75) is 24.7 Å². The van der Waals surface area contributed by atoms with Gasteiger partial charge in [0, 0.05) is 17.2 Å². The van der Waals surface area contributed by atoms with Gasteiger partial charge in [-0.15, -0.1) is 23.4 Å². The van der Waals surface area contributed by atoms with Crippen molar-refractivity contribution in [3.05, 3.63) is 34.9 Å². The average Bonchev–Trinajstić information content (AvgIpc) is 2.71. The van der Waals surface area contributed by atoms with E-state index in [1.165, 1.54) is 0 Å². The Morgan fingerprint density at radius 2 is 2.24 bits per heavy atom. The van der Waals surface area contributed by atoms with Gasteiger partial charge in [-0.05, 0) is 18.6 Å². The molecule has 1 aromatic rings. The summed E-state index contributed by atoms with van der Waals surface area (Å²) in [7, 11) is 0. The van der Waals surface area contributed by atoms with Crippen LogP contribution in [0.25, 0.3) is 0 Å². The van der Waals surface area contributed by atoms with Gasteiger partial charge in [0.2, 0.25) is 0 Å². The zero-order valence-corrected chi connectivity index (χ0v) is 11.8. The summed E-state index contributed by atoms with van der Waals surface area (Å²) in [5.74, 6) is 1.26. The maximum absolute atomic E-state index is 6.09. The number of rotatable bonds is 3. The lowest BCUT2D eigenvalue weighted by molar-refractivity contribution is 0.0152. The van der Waals surface area contributed by atoms with Crippen molar-refractivity contribution in [1.29, 1.82) is 0 Å². The summed E-state index contributed by atoms with van der Waals surface area (Å²) in [6.07, 6.45) is 0.769. The quantitative estimate of drug-likeness (QED) is 0.774. The van der Waals surface area contributed by atoms with Crippen LogP contribution in [-0.2, 0) is 10.6 Å². The fourth-order valence-corrected chi connectivity index (χ4v) is 2.97. The van der Waals surface area contributed by atoms with Gasteiger partial charge >= 0.3 is 0 Å². The van der Waals surface area contributed by atoms with E-state index >= 15 is 0 Å². The van der Waals surface area contributed by atoms with Gasteiger partial charge in [-0.2, -0.15) is 0 Å². The van der Waals surface area contributed by atoms with Crippen LogP contribution >= 0.6 is 35.0 Å². The molecule has 0 aromatic heterocycles. The maximum Gasteiger partial charge on any atom is 0.154 e. The van der Waals surface area contributed by atoms with Crippen LogP contribution in [0.3, 0.4) is 0 Å². The minimum Gasteiger partial charge on any atom is -0.387 e. The summed E-state index contributed by atoms with van der Waals surface area (Å²) in [6.45, 7) is 1.96. The van der Waals surface area contributed by atoms with Crippen LogP contribution in [0.15, 0.2) is 29.4 Å². The van der Waals surface area contributed by atoms with Gasteiger partial charge in [0.1, 0.15) is 5.04 Å². The Morgan fingerprint density at radius 3 is 2.88 bits per heavy atom. The number of hydrogen-bond donors (Lipinski definition) is 0. The van der Waals surface area contributed by atoms with Crippen LogP contribution in [0.2, 0.25) is 5.02 Å². The summed E-state index contributed by atoms with van der Waals surface area (Å²) in [5, 5.41) is 5.83. The van der Waals surface area contributed by atoms with Crippen LogP contribution in [0.4, 0.5) is 0 Å². The molecule has 1 aromatic carbocycles. The fraction of sp³-hybridized carbons (Fsp3) is 0.417. The molecule has 92 valence electrons. The van der Waals surface area contributed by atoms with Crippen molar-refractivity contribution in [1.82, 2.24) is 0 Å². The van der Waals surface area contributed by atoms with Crippen LogP contribution in [0.5, 0.6) is 0 Å². The van der Waals surface area contributed by atoms with Crippen LogP contribution in [0, 0.1) is 0 Å². The van der Waals surface area contributed by atoms with Gasteiger partial charge in [-0.1, -0.05) is 35.0 Å². The zero-order chi connectivity index (χ0) is 12.3. The Labute approximate surface area is 115 Å². The SMILES string of the molecule is CC1(CCl)CC(SCc2ccccc2Cl)=NO1. The molecule has 1 aliphatic rings.